The van der Waals surface area contributed by atoms with E-state index in [1.54, 1.807) is 50.4 Å². The Hall–Kier alpha value is -2.25. The molecule has 1 atom stereocenters. The lowest BCUT2D eigenvalue weighted by Crippen LogP contribution is -2.49. The summed E-state index contributed by atoms with van der Waals surface area (Å²) in [6.45, 7) is 2.06. The van der Waals surface area contributed by atoms with Crippen molar-refractivity contribution in [1.82, 2.24) is 5.32 Å². The molecule has 0 aliphatic carbocycles. The maximum absolute atomic E-state index is 12.7. The van der Waals surface area contributed by atoms with Crippen LogP contribution in [0.1, 0.15) is 18.9 Å². The van der Waals surface area contributed by atoms with E-state index in [-0.39, 0.29) is 12.5 Å². The van der Waals surface area contributed by atoms with Crippen LogP contribution >= 0.6 is 11.6 Å². The van der Waals surface area contributed by atoms with Crippen LogP contribution in [0, 0.1) is 0 Å². The molecule has 6 nitrogen and oxygen atoms in total. The molecule has 0 aliphatic rings. The van der Waals surface area contributed by atoms with E-state index in [2.05, 4.69) is 5.32 Å². The standard InChI is InChI=1S/C19H23ClN2O4S/c1-4-18(19(23)21-13-14-5-11-17(26-2)12-6-14)22(27(3,24)25)16-9-7-15(20)8-10-16/h5-12,18H,4,13H2,1-3H3,(H,21,23)/t18-/m0/s1. The third-order valence-electron chi connectivity index (χ3n) is 4.04. The average molecular weight is 411 g/mol. The lowest BCUT2D eigenvalue weighted by Gasteiger charge is -2.30. The van der Waals surface area contributed by atoms with Gasteiger partial charge in [0.2, 0.25) is 15.9 Å². The predicted octanol–water partition coefficient (Wildman–Crippen LogP) is 3.21. The normalized spacial score (nSPS) is 12.3. The first kappa shape index (κ1) is 21.1. The molecule has 0 bridgehead atoms. The van der Waals surface area contributed by atoms with E-state index < -0.39 is 16.1 Å². The number of carbonyl (C=O) groups excluding carboxylic acids is 1. The Morgan fingerprint density at radius 3 is 2.22 bits per heavy atom. The Balaban J connectivity index is 2.19. The van der Waals surface area contributed by atoms with E-state index in [0.717, 1.165) is 21.9 Å². The Morgan fingerprint density at radius 1 is 1.15 bits per heavy atom. The Kier molecular flexibility index (Phi) is 7.10. The second-order valence-corrected chi connectivity index (χ2v) is 8.32. The van der Waals surface area contributed by atoms with Crippen LogP contribution in [0.15, 0.2) is 48.5 Å². The van der Waals surface area contributed by atoms with Gasteiger partial charge in [-0.3, -0.25) is 9.10 Å². The number of hydrogen-bond acceptors (Lipinski definition) is 4. The molecule has 0 heterocycles. The van der Waals surface area contributed by atoms with Crippen molar-refractivity contribution >= 4 is 33.2 Å². The van der Waals surface area contributed by atoms with Crippen LogP contribution in [0.25, 0.3) is 0 Å². The van der Waals surface area contributed by atoms with Crippen LogP contribution in [-0.4, -0.2) is 33.7 Å². The van der Waals surface area contributed by atoms with E-state index in [4.69, 9.17) is 16.3 Å². The first-order valence-electron chi connectivity index (χ1n) is 8.42. The first-order chi connectivity index (χ1) is 12.8. The fourth-order valence-electron chi connectivity index (χ4n) is 2.70. The number of hydrogen-bond donors (Lipinski definition) is 1. The minimum absolute atomic E-state index is 0.289. The highest BCUT2D eigenvalue weighted by Gasteiger charge is 2.31. The van der Waals surface area contributed by atoms with E-state index >= 15 is 0 Å². The predicted molar refractivity (Wildman–Crippen MR) is 108 cm³/mol. The average Bonchev–Trinajstić information content (AvgIpc) is 2.64. The van der Waals surface area contributed by atoms with Gasteiger partial charge in [-0.15, -0.1) is 0 Å². The van der Waals surface area contributed by atoms with Crippen LogP contribution in [-0.2, 0) is 21.4 Å². The second-order valence-electron chi connectivity index (χ2n) is 6.03. The summed E-state index contributed by atoms with van der Waals surface area (Å²) in [5, 5.41) is 3.30. The van der Waals surface area contributed by atoms with E-state index in [0.29, 0.717) is 17.1 Å². The monoisotopic (exact) mass is 410 g/mol. The highest BCUT2D eigenvalue weighted by Crippen LogP contribution is 2.24. The number of carbonyl (C=O) groups is 1. The van der Waals surface area contributed by atoms with Crippen molar-refractivity contribution in [2.24, 2.45) is 0 Å². The molecule has 146 valence electrons. The number of anilines is 1. The van der Waals surface area contributed by atoms with E-state index in [1.807, 2.05) is 12.1 Å². The molecule has 27 heavy (non-hydrogen) atoms. The van der Waals surface area contributed by atoms with Crippen LogP contribution in [0.3, 0.4) is 0 Å². The topological polar surface area (TPSA) is 75.7 Å². The third-order valence-corrected chi connectivity index (χ3v) is 5.47. The van der Waals surface area contributed by atoms with Crippen LogP contribution in [0.2, 0.25) is 5.02 Å². The zero-order chi connectivity index (χ0) is 20.0. The molecule has 0 spiro atoms. The molecule has 0 radical (unpaired) electrons. The van der Waals surface area contributed by atoms with Gasteiger partial charge in [-0.1, -0.05) is 30.7 Å². The summed E-state index contributed by atoms with van der Waals surface area (Å²) in [4.78, 5) is 12.7. The summed E-state index contributed by atoms with van der Waals surface area (Å²) in [7, 11) is -2.08. The maximum Gasteiger partial charge on any atom is 0.244 e. The molecule has 1 amide bonds. The lowest BCUT2D eigenvalue weighted by atomic mass is 10.1. The number of methoxy groups -OCH3 is 1. The highest BCUT2D eigenvalue weighted by molar-refractivity contribution is 7.92. The molecule has 2 rings (SSSR count). The lowest BCUT2D eigenvalue weighted by molar-refractivity contribution is -0.122. The summed E-state index contributed by atoms with van der Waals surface area (Å²) in [5.74, 6) is 0.358. The van der Waals surface area contributed by atoms with Gasteiger partial charge in [0, 0.05) is 11.6 Å². The number of rotatable bonds is 8. The Morgan fingerprint density at radius 2 is 1.74 bits per heavy atom. The largest absolute Gasteiger partial charge is 0.497 e. The van der Waals surface area contributed by atoms with Crippen molar-refractivity contribution in [3.63, 3.8) is 0 Å². The quantitative estimate of drug-likeness (QED) is 0.725. The van der Waals surface area contributed by atoms with Gasteiger partial charge in [0.25, 0.3) is 0 Å². The minimum atomic E-state index is -3.67. The van der Waals surface area contributed by atoms with Crippen molar-refractivity contribution in [3.8, 4) is 5.75 Å². The second kappa shape index (κ2) is 9.10. The molecule has 2 aromatic carbocycles. The molecular formula is C19H23ClN2O4S. The number of amides is 1. The number of nitrogens with zero attached hydrogens (tertiary/aromatic N) is 1. The molecule has 0 fully saturated rings. The van der Waals surface area contributed by atoms with Gasteiger partial charge in [-0.2, -0.15) is 0 Å². The molecule has 1 N–H and O–H groups in total. The zero-order valence-electron chi connectivity index (χ0n) is 15.5. The number of halogens is 1. The zero-order valence-corrected chi connectivity index (χ0v) is 17.0. The first-order valence-corrected chi connectivity index (χ1v) is 10.6. The van der Waals surface area contributed by atoms with Crippen LogP contribution < -0.4 is 14.4 Å². The van der Waals surface area contributed by atoms with Crippen LogP contribution in [0.5, 0.6) is 5.75 Å². The molecule has 0 aliphatic heterocycles. The number of ether oxygens (including phenoxy) is 1. The van der Waals surface area contributed by atoms with Gasteiger partial charge >= 0.3 is 0 Å². The molecule has 0 aromatic heterocycles. The van der Waals surface area contributed by atoms with Gasteiger partial charge < -0.3 is 10.1 Å². The van der Waals surface area contributed by atoms with Gasteiger partial charge in [-0.25, -0.2) is 8.42 Å². The Labute approximate surface area is 165 Å². The molecular weight excluding hydrogens is 388 g/mol. The summed E-state index contributed by atoms with van der Waals surface area (Å²) >= 11 is 5.89. The summed E-state index contributed by atoms with van der Waals surface area (Å²) in [6, 6.07) is 12.8. The SMILES string of the molecule is CC[C@@H](C(=O)NCc1ccc(OC)cc1)N(c1ccc(Cl)cc1)S(C)(=O)=O. The molecule has 0 saturated heterocycles. The summed E-state index contributed by atoms with van der Waals surface area (Å²) in [5.41, 5.74) is 1.28. The minimum Gasteiger partial charge on any atom is -0.497 e. The van der Waals surface area contributed by atoms with E-state index in [9.17, 15) is 13.2 Å². The summed E-state index contributed by atoms with van der Waals surface area (Å²) < 4.78 is 31.0. The van der Waals surface area contributed by atoms with E-state index in [1.165, 1.54) is 0 Å². The third kappa shape index (κ3) is 5.61. The van der Waals surface area contributed by atoms with Crippen molar-refractivity contribution in [3.05, 3.63) is 59.1 Å². The summed E-state index contributed by atoms with van der Waals surface area (Å²) in [6.07, 6.45) is 1.41. The molecule has 0 saturated carbocycles. The maximum atomic E-state index is 12.7. The van der Waals surface area contributed by atoms with Crippen molar-refractivity contribution in [1.29, 1.82) is 0 Å². The van der Waals surface area contributed by atoms with Gasteiger partial charge in [0.05, 0.1) is 19.1 Å². The number of sulfonamides is 1. The van der Waals surface area contributed by atoms with Gasteiger partial charge in [-0.05, 0) is 48.4 Å². The van der Waals surface area contributed by atoms with Gasteiger partial charge in [0.1, 0.15) is 11.8 Å². The molecule has 0 unspecified atom stereocenters. The fraction of sp³-hybridized carbons (Fsp3) is 0.316. The van der Waals surface area contributed by atoms with Gasteiger partial charge in [0.15, 0.2) is 0 Å². The molecule has 8 heteroatoms. The van der Waals surface area contributed by atoms with Crippen LogP contribution in [0.4, 0.5) is 5.69 Å². The van der Waals surface area contributed by atoms with Crippen molar-refractivity contribution < 1.29 is 17.9 Å². The Bertz CT molecular complexity index is 868. The highest BCUT2D eigenvalue weighted by atomic mass is 35.5. The van der Waals surface area contributed by atoms with Crippen molar-refractivity contribution in [2.45, 2.75) is 25.9 Å². The number of nitrogens with one attached hydrogen (secondary N) is 1. The fourth-order valence-corrected chi connectivity index (χ4v) is 4.04. The smallest absolute Gasteiger partial charge is 0.244 e. The number of benzene rings is 2. The molecule has 2 aromatic rings. The van der Waals surface area contributed by atoms with Crippen molar-refractivity contribution in [2.75, 3.05) is 17.7 Å².